The highest BCUT2D eigenvalue weighted by atomic mass is 32.1. The predicted octanol–water partition coefficient (Wildman–Crippen LogP) is 3.79. The van der Waals surface area contributed by atoms with Gasteiger partial charge in [-0.3, -0.25) is 9.59 Å². The van der Waals surface area contributed by atoms with Crippen molar-refractivity contribution < 1.29 is 19.1 Å². The van der Waals surface area contributed by atoms with Crippen LogP contribution in [0, 0.1) is 0 Å². The summed E-state index contributed by atoms with van der Waals surface area (Å²) in [7, 11) is 0. The number of carbonyl (C=O) groups is 2. The second-order valence-corrected chi connectivity index (χ2v) is 7.11. The Hall–Kier alpha value is -3.39. The van der Waals surface area contributed by atoms with E-state index in [2.05, 4.69) is 5.32 Å². The Morgan fingerprint density at radius 1 is 1.07 bits per heavy atom. The Labute approximate surface area is 177 Å². The summed E-state index contributed by atoms with van der Waals surface area (Å²) in [6.07, 6.45) is 1.51. The number of anilines is 1. The largest absolute Gasteiger partial charge is 0.488 e. The van der Waals surface area contributed by atoms with Gasteiger partial charge < -0.3 is 19.4 Å². The van der Waals surface area contributed by atoms with Crippen LogP contribution in [0.5, 0.6) is 5.75 Å². The molecule has 0 fully saturated rings. The summed E-state index contributed by atoms with van der Waals surface area (Å²) in [6.45, 7) is 3.87. The lowest BCUT2D eigenvalue weighted by Crippen LogP contribution is -2.28. The molecule has 3 rings (SSSR count). The molecule has 0 radical (unpaired) electrons. The molecule has 0 spiro atoms. The zero-order valence-corrected chi connectivity index (χ0v) is 17.5. The molecule has 0 atom stereocenters. The summed E-state index contributed by atoms with van der Waals surface area (Å²) >= 11 is 1.23. The first-order chi connectivity index (χ1) is 14.5. The van der Waals surface area contributed by atoms with Crippen molar-refractivity contribution in [2.45, 2.75) is 20.4 Å². The lowest BCUT2D eigenvalue weighted by atomic mass is 10.0. The number of carbonyl (C=O) groups excluding carboxylic acids is 2. The fraction of sp³-hybridized carbons (Fsp3) is 0.227. The summed E-state index contributed by atoms with van der Waals surface area (Å²) in [6, 6.07) is 12.6. The summed E-state index contributed by atoms with van der Waals surface area (Å²) in [5.41, 5.74) is 1.44. The molecule has 7 nitrogen and oxygen atoms in total. The molecule has 0 saturated carbocycles. The van der Waals surface area contributed by atoms with Gasteiger partial charge in [0.25, 0.3) is 5.56 Å². The third kappa shape index (κ3) is 4.77. The molecule has 1 aromatic carbocycles. The number of amides is 1. The van der Waals surface area contributed by atoms with Crippen molar-refractivity contribution in [3.8, 4) is 16.9 Å². The highest BCUT2D eigenvalue weighted by molar-refractivity contribution is 7.15. The number of pyridine rings is 1. The number of esters is 1. The SMILES string of the molecule is CCOC(=O)c1c(-c2ccccc2)csc1NC(=O)Cn1cccc(OCC)c1=O. The van der Waals surface area contributed by atoms with Gasteiger partial charge in [0.1, 0.15) is 17.1 Å². The fourth-order valence-electron chi connectivity index (χ4n) is 2.91. The Kier molecular flexibility index (Phi) is 7.03. The van der Waals surface area contributed by atoms with E-state index in [1.807, 2.05) is 30.3 Å². The van der Waals surface area contributed by atoms with Crippen molar-refractivity contribution in [3.05, 3.63) is 70.0 Å². The van der Waals surface area contributed by atoms with Gasteiger partial charge in [0.15, 0.2) is 5.75 Å². The minimum atomic E-state index is -0.511. The fourth-order valence-corrected chi connectivity index (χ4v) is 3.89. The predicted molar refractivity (Wildman–Crippen MR) is 116 cm³/mol. The third-order valence-electron chi connectivity index (χ3n) is 4.21. The van der Waals surface area contributed by atoms with Crippen LogP contribution in [0.3, 0.4) is 0 Å². The van der Waals surface area contributed by atoms with E-state index in [1.54, 1.807) is 31.4 Å². The highest BCUT2D eigenvalue weighted by Gasteiger charge is 2.23. The van der Waals surface area contributed by atoms with Gasteiger partial charge in [0.2, 0.25) is 5.91 Å². The maximum absolute atomic E-state index is 12.6. The smallest absolute Gasteiger partial charge is 0.341 e. The van der Waals surface area contributed by atoms with E-state index in [9.17, 15) is 14.4 Å². The average Bonchev–Trinajstić information content (AvgIpc) is 3.15. The quantitative estimate of drug-likeness (QED) is 0.554. The number of benzene rings is 1. The van der Waals surface area contributed by atoms with Crippen molar-refractivity contribution in [2.75, 3.05) is 18.5 Å². The molecule has 30 heavy (non-hydrogen) atoms. The minimum Gasteiger partial charge on any atom is -0.488 e. The van der Waals surface area contributed by atoms with Crippen molar-refractivity contribution >= 4 is 28.2 Å². The molecule has 0 aliphatic heterocycles. The van der Waals surface area contributed by atoms with E-state index in [4.69, 9.17) is 9.47 Å². The molecule has 0 aliphatic carbocycles. The first kappa shape index (κ1) is 21.3. The van der Waals surface area contributed by atoms with Crippen LogP contribution in [0.2, 0.25) is 0 Å². The Morgan fingerprint density at radius 2 is 1.83 bits per heavy atom. The first-order valence-corrected chi connectivity index (χ1v) is 10.4. The van der Waals surface area contributed by atoms with Gasteiger partial charge in [-0.25, -0.2) is 4.79 Å². The van der Waals surface area contributed by atoms with E-state index < -0.39 is 17.4 Å². The van der Waals surface area contributed by atoms with Gasteiger partial charge >= 0.3 is 5.97 Å². The Morgan fingerprint density at radius 3 is 2.53 bits per heavy atom. The molecule has 156 valence electrons. The molecule has 3 aromatic rings. The zero-order valence-electron chi connectivity index (χ0n) is 16.7. The van der Waals surface area contributed by atoms with E-state index >= 15 is 0 Å². The van der Waals surface area contributed by atoms with Crippen LogP contribution in [-0.2, 0) is 16.1 Å². The minimum absolute atomic E-state index is 0.183. The number of hydrogen-bond acceptors (Lipinski definition) is 6. The standard InChI is InChI=1S/C22H22N2O5S/c1-3-28-17-11-8-12-24(21(17)26)13-18(25)23-20-19(22(27)29-4-2)16(14-30-20)15-9-6-5-7-10-15/h5-12,14H,3-4,13H2,1-2H3,(H,23,25). The lowest BCUT2D eigenvalue weighted by molar-refractivity contribution is -0.116. The van der Waals surface area contributed by atoms with Crippen LogP contribution in [0.4, 0.5) is 5.00 Å². The van der Waals surface area contributed by atoms with Crippen LogP contribution in [0.25, 0.3) is 11.1 Å². The van der Waals surface area contributed by atoms with Crippen LogP contribution >= 0.6 is 11.3 Å². The number of rotatable bonds is 8. The van der Waals surface area contributed by atoms with E-state index in [0.29, 0.717) is 22.7 Å². The number of aromatic nitrogens is 1. The van der Waals surface area contributed by atoms with Gasteiger partial charge in [-0.05, 0) is 31.5 Å². The maximum atomic E-state index is 12.6. The van der Waals surface area contributed by atoms with Crippen LogP contribution < -0.4 is 15.6 Å². The molecular formula is C22H22N2O5S. The highest BCUT2D eigenvalue weighted by Crippen LogP contribution is 2.36. The molecular weight excluding hydrogens is 404 g/mol. The summed E-state index contributed by atoms with van der Waals surface area (Å²) in [5.74, 6) is -0.760. The molecule has 0 unspecified atom stereocenters. The van der Waals surface area contributed by atoms with Gasteiger partial charge in [-0.15, -0.1) is 11.3 Å². The number of nitrogens with zero attached hydrogens (tertiary/aromatic N) is 1. The topological polar surface area (TPSA) is 86.6 Å². The van der Waals surface area contributed by atoms with Crippen molar-refractivity contribution in [1.82, 2.24) is 4.57 Å². The van der Waals surface area contributed by atoms with Gasteiger partial charge in [-0.2, -0.15) is 0 Å². The molecule has 1 amide bonds. The maximum Gasteiger partial charge on any atom is 0.341 e. The summed E-state index contributed by atoms with van der Waals surface area (Å²) in [4.78, 5) is 37.6. The van der Waals surface area contributed by atoms with E-state index in [1.165, 1.54) is 22.1 Å². The zero-order chi connectivity index (χ0) is 21.5. The molecule has 2 aromatic heterocycles. The number of thiophene rings is 1. The number of nitrogens with one attached hydrogen (secondary N) is 1. The monoisotopic (exact) mass is 426 g/mol. The van der Waals surface area contributed by atoms with Crippen molar-refractivity contribution in [3.63, 3.8) is 0 Å². The van der Waals surface area contributed by atoms with Crippen LogP contribution in [0.1, 0.15) is 24.2 Å². The summed E-state index contributed by atoms with van der Waals surface area (Å²) < 4.78 is 11.7. The third-order valence-corrected chi connectivity index (χ3v) is 5.10. The summed E-state index contributed by atoms with van der Waals surface area (Å²) in [5, 5.41) is 4.93. The van der Waals surface area contributed by atoms with Gasteiger partial charge in [-0.1, -0.05) is 30.3 Å². The molecule has 0 aliphatic rings. The molecule has 1 N–H and O–H groups in total. The van der Waals surface area contributed by atoms with Crippen LogP contribution in [0.15, 0.2) is 58.8 Å². The van der Waals surface area contributed by atoms with Crippen LogP contribution in [-0.4, -0.2) is 29.7 Å². The van der Waals surface area contributed by atoms with Gasteiger partial charge in [0.05, 0.1) is 13.2 Å². The molecule has 2 heterocycles. The normalized spacial score (nSPS) is 10.5. The second-order valence-electron chi connectivity index (χ2n) is 6.23. The van der Waals surface area contributed by atoms with Crippen molar-refractivity contribution in [1.29, 1.82) is 0 Å². The van der Waals surface area contributed by atoms with Crippen molar-refractivity contribution in [2.24, 2.45) is 0 Å². The second kappa shape index (κ2) is 9.89. The van der Waals surface area contributed by atoms with Gasteiger partial charge in [0, 0.05) is 17.1 Å². The molecule has 0 bridgehead atoms. The first-order valence-electron chi connectivity index (χ1n) is 9.51. The lowest BCUT2D eigenvalue weighted by Gasteiger charge is -2.10. The Balaban J connectivity index is 1.87. The van der Waals surface area contributed by atoms with E-state index in [0.717, 1.165) is 5.56 Å². The number of hydrogen-bond donors (Lipinski definition) is 1. The average molecular weight is 426 g/mol. The number of ether oxygens (including phenoxy) is 2. The molecule has 8 heteroatoms. The van der Waals surface area contributed by atoms with E-state index in [-0.39, 0.29) is 18.9 Å². The Bertz CT molecular complexity index is 1090. The molecule has 0 saturated heterocycles.